The van der Waals surface area contributed by atoms with Crippen molar-refractivity contribution in [1.82, 2.24) is 24.8 Å². The molecule has 31 heavy (non-hydrogen) atoms. The molecule has 0 bridgehead atoms. The summed E-state index contributed by atoms with van der Waals surface area (Å²) >= 11 is 0. The second kappa shape index (κ2) is 9.39. The highest BCUT2D eigenvalue weighted by molar-refractivity contribution is 5.78. The highest BCUT2D eigenvalue weighted by Gasteiger charge is 2.25. The fraction of sp³-hybridized carbons (Fsp3) is 0.417. The van der Waals surface area contributed by atoms with E-state index in [0.717, 1.165) is 61.6 Å². The normalized spacial score (nSPS) is 17.5. The van der Waals surface area contributed by atoms with Crippen molar-refractivity contribution in [2.24, 2.45) is 5.92 Å². The van der Waals surface area contributed by atoms with E-state index in [4.69, 9.17) is 0 Å². The zero-order valence-electron chi connectivity index (χ0n) is 18.5. The fourth-order valence-corrected chi connectivity index (χ4v) is 4.26. The van der Waals surface area contributed by atoms with Crippen molar-refractivity contribution in [3.8, 4) is 0 Å². The standard InChI is InChI=1S/C24H30N6O/c1-18(31)30-10-9-29(14-19-6-7-23-21(11-19)5-4-8-25-23)15-20(16-30)12-22-13-24(28(2)3)27-17-26-22/h4-8,11,13,17,20H,9-10,12,14-16H2,1-3H3/t20-/m1/s1. The van der Waals surface area contributed by atoms with Crippen molar-refractivity contribution in [2.45, 2.75) is 19.9 Å². The van der Waals surface area contributed by atoms with E-state index in [9.17, 15) is 4.79 Å². The number of carbonyl (C=O) groups excluding carboxylic acids is 1. The Balaban J connectivity index is 1.51. The summed E-state index contributed by atoms with van der Waals surface area (Å²) in [7, 11) is 3.96. The molecule has 1 fully saturated rings. The number of hydrogen-bond acceptors (Lipinski definition) is 6. The van der Waals surface area contributed by atoms with Gasteiger partial charge < -0.3 is 9.80 Å². The van der Waals surface area contributed by atoms with Gasteiger partial charge >= 0.3 is 0 Å². The molecule has 1 aliphatic heterocycles. The second-order valence-electron chi connectivity index (χ2n) is 8.56. The third-order valence-electron chi connectivity index (χ3n) is 5.87. The number of pyridine rings is 1. The zero-order valence-corrected chi connectivity index (χ0v) is 18.5. The van der Waals surface area contributed by atoms with Crippen LogP contribution in [0.25, 0.3) is 10.9 Å². The molecule has 0 unspecified atom stereocenters. The summed E-state index contributed by atoms with van der Waals surface area (Å²) in [5.41, 5.74) is 3.31. The van der Waals surface area contributed by atoms with E-state index in [1.165, 1.54) is 5.56 Å². The molecule has 0 N–H and O–H groups in total. The molecule has 2 aromatic heterocycles. The van der Waals surface area contributed by atoms with E-state index >= 15 is 0 Å². The van der Waals surface area contributed by atoms with Gasteiger partial charge in [0.25, 0.3) is 0 Å². The second-order valence-corrected chi connectivity index (χ2v) is 8.56. The Kier molecular flexibility index (Phi) is 6.42. The van der Waals surface area contributed by atoms with Crippen LogP contribution in [0.5, 0.6) is 0 Å². The van der Waals surface area contributed by atoms with Crippen molar-refractivity contribution in [3.05, 3.63) is 60.2 Å². The average Bonchev–Trinajstić information content (AvgIpc) is 2.96. The number of fused-ring (bicyclic) bond motifs is 1. The lowest BCUT2D eigenvalue weighted by atomic mass is 10.0. The molecule has 0 saturated carbocycles. The van der Waals surface area contributed by atoms with Crippen molar-refractivity contribution >= 4 is 22.6 Å². The van der Waals surface area contributed by atoms with Gasteiger partial charge in [-0.2, -0.15) is 0 Å². The lowest BCUT2D eigenvalue weighted by Gasteiger charge is -2.24. The van der Waals surface area contributed by atoms with Gasteiger partial charge in [-0.25, -0.2) is 9.97 Å². The van der Waals surface area contributed by atoms with Gasteiger partial charge in [-0.15, -0.1) is 0 Å². The molecule has 0 aliphatic carbocycles. The van der Waals surface area contributed by atoms with Gasteiger partial charge in [0.2, 0.25) is 5.91 Å². The van der Waals surface area contributed by atoms with Gasteiger partial charge in [-0.3, -0.25) is 14.7 Å². The fourth-order valence-electron chi connectivity index (χ4n) is 4.26. The molecule has 7 heteroatoms. The molecular weight excluding hydrogens is 388 g/mol. The molecule has 1 aromatic carbocycles. The van der Waals surface area contributed by atoms with Crippen molar-refractivity contribution in [1.29, 1.82) is 0 Å². The molecule has 162 valence electrons. The van der Waals surface area contributed by atoms with Crippen molar-refractivity contribution in [2.75, 3.05) is 45.2 Å². The first kappa shape index (κ1) is 21.2. The summed E-state index contributed by atoms with van der Waals surface area (Å²) in [4.78, 5) is 31.8. The highest BCUT2D eigenvalue weighted by Crippen LogP contribution is 2.20. The predicted octanol–water partition coefficient (Wildman–Crippen LogP) is 2.61. The number of hydrogen-bond donors (Lipinski definition) is 0. The van der Waals surface area contributed by atoms with E-state index in [-0.39, 0.29) is 5.91 Å². The minimum Gasteiger partial charge on any atom is -0.363 e. The van der Waals surface area contributed by atoms with Crippen LogP contribution < -0.4 is 4.90 Å². The molecule has 1 saturated heterocycles. The lowest BCUT2D eigenvalue weighted by molar-refractivity contribution is -0.129. The first-order chi connectivity index (χ1) is 15.0. The van der Waals surface area contributed by atoms with Crippen molar-refractivity contribution < 1.29 is 4.79 Å². The topological polar surface area (TPSA) is 65.5 Å². The maximum absolute atomic E-state index is 12.2. The zero-order chi connectivity index (χ0) is 21.8. The number of nitrogens with zero attached hydrogens (tertiary/aromatic N) is 6. The Morgan fingerprint density at radius 2 is 1.97 bits per heavy atom. The number of carbonyl (C=O) groups is 1. The minimum atomic E-state index is 0.139. The van der Waals surface area contributed by atoms with Gasteiger partial charge in [0, 0.05) is 77.1 Å². The summed E-state index contributed by atoms with van der Waals surface area (Å²) in [6.45, 7) is 5.84. The quantitative estimate of drug-likeness (QED) is 0.635. The molecule has 1 atom stereocenters. The summed E-state index contributed by atoms with van der Waals surface area (Å²) in [5.74, 6) is 1.36. The predicted molar refractivity (Wildman–Crippen MR) is 123 cm³/mol. The summed E-state index contributed by atoms with van der Waals surface area (Å²) < 4.78 is 0. The van der Waals surface area contributed by atoms with Gasteiger partial charge in [-0.05, 0) is 36.1 Å². The molecular formula is C24H30N6O. The van der Waals surface area contributed by atoms with Crippen LogP contribution >= 0.6 is 0 Å². The molecule has 0 radical (unpaired) electrons. The van der Waals surface area contributed by atoms with Crippen LogP contribution in [0.1, 0.15) is 18.2 Å². The van der Waals surface area contributed by atoms with E-state index in [1.807, 2.05) is 42.2 Å². The number of anilines is 1. The summed E-state index contributed by atoms with van der Waals surface area (Å²) in [5, 5.41) is 1.16. The monoisotopic (exact) mass is 418 g/mol. The van der Waals surface area contributed by atoms with Crippen LogP contribution in [0.2, 0.25) is 0 Å². The molecule has 1 amide bonds. The maximum Gasteiger partial charge on any atom is 0.219 e. The lowest BCUT2D eigenvalue weighted by Crippen LogP contribution is -2.34. The Labute approximate surface area is 183 Å². The Bertz CT molecular complexity index is 1050. The molecule has 0 spiro atoms. The first-order valence-electron chi connectivity index (χ1n) is 10.8. The minimum absolute atomic E-state index is 0.139. The SMILES string of the molecule is CC(=O)N1CCN(Cc2ccc3ncccc3c2)C[C@@H](Cc2cc(N(C)C)ncn2)C1. The summed E-state index contributed by atoms with van der Waals surface area (Å²) in [6, 6.07) is 12.6. The highest BCUT2D eigenvalue weighted by atomic mass is 16.2. The maximum atomic E-state index is 12.2. The van der Waals surface area contributed by atoms with Crippen LogP contribution in [-0.4, -0.2) is 70.9 Å². The van der Waals surface area contributed by atoms with Crippen molar-refractivity contribution in [3.63, 3.8) is 0 Å². The van der Waals surface area contributed by atoms with E-state index in [2.05, 4.69) is 44.1 Å². The van der Waals surface area contributed by atoms with Crippen LogP contribution in [0.15, 0.2) is 48.9 Å². The largest absolute Gasteiger partial charge is 0.363 e. The van der Waals surface area contributed by atoms with E-state index in [0.29, 0.717) is 5.92 Å². The van der Waals surface area contributed by atoms with Gasteiger partial charge in [0.1, 0.15) is 12.1 Å². The van der Waals surface area contributed by atoms with Crippen LogP contribution in [0.4, 0.5) is 5.82 Å². The Morgan fingerprint density at radius 1 is 1.10 bits per heavy atom. The molecule has 7 nitrogen and oxygen atoms in total. The number of rotatable bonds is 5. The average molecular weight is 419 g/mol. The van der Waals surface area contributed by atoms with Gasteiger partial charge in [0.05, 0.1) is 5.52 Å². The van der Waals surface area contributed by atoms with Crippen LogP contribution in [-0.2, 0) is 17.8 Å². The van der Waals surface area contributed by atoms with Gasteiger partial charge in [-0.1, -0.05) is 12.1 Å². The molecule has 4 rings (SSSR count). The van der Waals surface area contributed by atoms with E-state index in [1.54, 1.807) is 13.3 Å². The molecule has 3 aromatic rings. The number of aromatic nitrogens is 3. The number of amides is 1. The van der Waals surface area contributed by atoms with Crippen LogP contribution in [0.3, 0.4) is 0 Å². The smallest absolute Gasteiger partial charge is 0.219 e. The number of benzene rings is 1. The first-order valence-corrected chi connectivity index (χ1v) is 10.8. The van der Waals surface area contributed by atoms with Gasteiger partial charge in [0.15, 0.2) is 0 Å². The third-order valence-corrected chi connectivity index (χ3v) is 5.87. The molecule has 3 heterocycles. The Morgan fingerprint density at radius 3 is 2.77 bits per heavy atom. The van der Waals surface area contributed by atoms with Crippen LogP contribution in [0, 0.1) is 5.92 Å². The van der Waals surface area contributed by atoms with E-state index < -0.39 is 0 Å². The molecule has 1 aliphatic rings. The third kappa shape index (κ3) is 5.35. The summed E-state index contributed by atoms with van der Waals surface area (Å²) in [6.07, 6.45) is 4.28. The Hall–Kier alpha value is -3.06.